The Morgan fingerprint density at radius 2 is 1.07 bits per heavy atom. The summed E-state index contributed by atoms with van der Waals surface area (Å²) < 4.78 is 0. The van der Waals surface area contributed by atoms with Crippen molar-refractivity contribution in [2.45, 2.75) is 93.9 Å². The fourth-order valence-corrected chi connectivity index (χ4v) is 4.39. The van der Waals surface area contributed by atoms with E-state index in [4.69, 9.17) is 0 Å². The van der Waals surface area contributed by atoms with Gasteiger partial charge in [0.15, 0.2) is 0 Å². The van der Waals surface area contributed by atoms with Crippen LogP contribution in [0.15, 0.2) is 24.3 Å². The van der Waals surface area contributed by atoms with Gasteiger partial charge in [0.25, 0.3) is 0 Å². The second-order valence-electron chi connectivity index (χ2n) is 11.5. The molecule has 2 heteroatoms. The maximum Gasteiger partial charge on any atom is 0.121 e. The summed E-state index contributed by atoms with van der Waals surface area (Å²) in [5, 5.41) is 21.4. The van der Waals surface area contributed by atoms with Gasteiger partial charge in [0.1, 0.15) is 11.5 Å². The van der Waals surface area contributed by atoms with Gasteiger partial charge in [-0.25, -0.2) is 0 Å². The first kappa shape index (κ1) is 24.3. The molecular weight excluding hydrogens is 368 g/mol. The number of rotatable bonds is 6. The van der Waals surface area contributed by atoms with E-state index in [1.807, 2.05) is 13.8 Å². The summed E-state index contributed by atoms with van der Waals surface area (Å²) in [6.45, 7) is 19.5. The topological polar surface area (TPSA) is 40.5 Å². The van der Waals surface area contributed by atoms with Gasteiger partial charge in [-0.1, -0.05) is 79.2 Å². The molecule has 0 aliphatic heterocycles. The highest BCUT2D eigenvalue weighted by molar-refractivity contribution is 5.50. The second-order valence-corrected chi connectivity index (χ2v) is 11.5. The van der Waals surface area contributed by atoms with Crippen LogP contribution in [0.25, 0.3) is 0 Å². The third-order valence-electron chi connectivity index (χ3n) is 5.63. The second kappa shape index (κ2) is 9.04. The Morgan fingerprint density at radius 3 is 1.37 bits per heavy atom. The number of benzene rings is 2. The summed E-state index contributed by atoms with van der Waals surface area (Å²) in [5.74, 6) is 1.12. The molecule has 2 N–H and O–H groups in total. The average molecular weight is 411 g/mol. The Kier molecular flexibility index (Phi) is 7.32. The molecule has 0 aromatic heterocycles. The molecule has 0 saturated carbocycles. The van der Waals surface area contributed by atoms with Crippen LogP contribution in [0, 0.1) is 24.7 Å². The van der Waals surface area contributed by atoms with Crippen LogP contribution in [0.5, 0.6) is 11.5 Å². The summed E-state index contributed by atoms with van der Waals surface area (Å²) in [7, 11) is 0. The van der Waals surface area contributed by atoms with E-state index in [1.54, 1.807) is 0 Å². The number of aryl methyl sites for hydroxylation is 2. The Hall–Kier alpha value is -1.96. The summed E-state index contributed by atoms with van der Waals surface area (Å²) >= 11 is 0. The van der Waals surface area contributed by atoms with Crippen molar-refractivity contribution in [3.63, 3.8) is 0 Å². The number of hydrogen-bond donors (Lipinski definition) is 2. The quantitative estimate of drug-likeness (QED) is 0.509. The van der Waals surface area contributed by atoms with Crippen molar-refractivity contribution in [1.29, 1.82) is 0 Å². The summed E-state index contributed by atoms with van der Waals surface area (Å²) in [4.78, 5) is 0. The maximum absolute atomic E-state index is 10.7. The lowest BCUT2D eigenvalue weighted by Crippen LogP contribution is -2.12. The standard InChI is InChI=1S/C28H42O2/c1-10-11-24(20-12-18(2)25(29)22(14-20)16-27(4,5)6)21-13-19(3)26(30)23(15-21)17-28(7,8)9/h12-15,24,29-30H,10-11,16-17H2,1-9H3. The molecule has 2 aromatic rings. The van der Waals surface area contributed by atoms with Gasteiger partial charge in [0, 0.05) is 5.92 Å². The van der Waals surface area contributed by atoms with Crippen LogP contribution in [0.4, 0.5) is 0 Å². The fourth-order valence-electron chi connectivity index (χ4n) is 4.39. The molecule has 0 spiro atoms. The molecule has 30 heavy (non-hydrogen) atoms. The first-order valence-electron chi connectivity index (χ1n) is 11.4. The summed E-state index contributed by atoms with van der Waals surface area (Å²) in [6.07, 6.45) is 3.80. The molecule has 0 unspecified atom stereocenters. The molecule has 0 saturated heterocycles. The van der Waals surface area contributed by atoms with Crippen molar-refractivity contribution in [1.82, 2.24) is 0 Å². The van der Waals surface area contributed by atoms with Crippen molar-refractivity contribution in [2.24, 2.45) is 10.8 Å². The van der Waals surface area contributed by atoms with E-state index >= 15 is 0 Å². The highest BCUT2D eigenvalue weighted by Crippen LogP contribution is 2.39. The number of hydrogen-bond acceptors (Lipinski definition) is 2. The van der Waals surface area contributed by atoms with E-state index in [9.17, 15) is 10.2 Å². The SMILES string of the molecule is CCCC(c1cc(C)c(O)c(CC(C)(C)C)c1)c1cc(C)c(O)c(CC(C)(C)C)c1. The van der Waals surface area contributed by atoms with Gasteiger partial charge in [-0.2, -0.15) is 0 Å². The van der Waals surface area contributed by atoms with Crippen LogP contribution in [-0.4, -0.2) is 10.2 Å². The Balaban J connectivity index is 2.60. The minimum atomic E-state index is 0.109. The Labute approximate surface area is 184 Å². The van der Waals surface area contributed by atoms with Crippen molar-refractivity contribution in [3.8, 4) is 11.5 Å². The van der Waals surface area contributed by atoms with Gasteiger partial charge in [-0.05, 0) is 77.3 Å². The van der Waals surface area contributed by atoms with E-state index in [0.717, 1.165) is 47.9 Å². The molecule has 0 heterocycles. The molecule has 2 nitrogen and oxygen atoms in total. The van der Waals surface area contributed by atoms with E-state index in [0.29, 0.717) is 11.5 Å². The molecule has 0 aliphatic rings. The molecule has 2 rings (SSSR count). The number of phenolic OH excluding ortho intramolecular Hbond substituents is 2. The van der Waals surface area contributed by atoms with Gasteiger partial charge in [0.2, 0.25) is 0 Å². The highest BCUT2D eigenvalue weighted by Gasteiger charge is 2.23. The summed E-state index contributed by atoms with van der Waals surface area (Å²) in [5.41, 5.74) is 6.69. The molecule has 0 amide bonds. The zero-order valence-corrected chi connectivity index (χ0v) is 20.6. The molecule has 0 atom stereocenters. The van der Waals surface area contributed by atoms with E-state index in [-0.39, 0.29) is 16.7 Å². The zero-order chi connectivity index (χ0) is 22.9. The third kappa shape index (κ3) is 6.27. The largest absolute Gasteiger partial charge is 0.507 e. The van der Waals surface area contributed by atoms with Crippen LogP contribution in [0.2, 0.25) is 0 Å². The molecule has 2 aromatic carbocycles. The van der Waals surface area contributed by atoms with Crippen LogP contribution < -0.4 is 0 Å². The first-order valence-corrected chi connectivity index (χ1v) is 11.4. The van der Waals surface area contributed by atoms with Gasteiger partial charge >= 0.3 is 0 Å². The minimum Gasteiger partial charge on any atom is -0.507 e. The minimum absolute atomic E-state index is 0.109. The molecule has 0 aliphatic carbocycles. The lowest BCUT2D eigenvalue weighted by molar-refractivity contribution is 0.393. The van der Waals surface area contributed by atoms with Gasteiger partial charge in [-0.3, -0.25) is 0 Å². The van der Waals surface area contributed by atoms with Crippen LogP contribution >= 0.6 is 0 Å². The predicted octanol–water partition coefficient (Wildman–Crippen LogP) is 7.82. The van der Waals surface area contributed by atoms with E-state index < -0.39 is 0 Å². The highest BCUT2D eigenvalue weighted by atomic mass is 16.3. The van der Waals surface area contributed by atoms with E-state index in [2.05, 4.69) is 72.7 Å². The summed E-state index contributed by atoms with van der Waals surface area (Å²) in [6, 6.07) is 8.71. The third-order valence-corrected chi connectivity index (χ3v) is 5.63. The predicted molar refractivity (Wildman–Crippen MR) is 129 cm³/mol. The van der Waals surface area contributed by atoms with Gasteiger partial charge in [-0.15, -0.1) is 0 Å². The normalized spacial score (nSPS) is 12.6. The maximum atomic E-state index is 10.7. The van der Waals surface area contributed by atoms with Crippen molar-refractivity contribution >= 4 is 0 Å². The van der Waals surface area contributed by atoms with Crippen LogP contribution in [-0.2, 0) is 12.8 Å². The average Bonchev–Trinajstić information content (AvgIpc) is 2.58. The molecule has 0 fully saturated rings. The smallest absolute Gasteiger partial charge is 0.121 e. The molecule has 0 radical (unpaired) electrons. The van der Waals surface area contributed by atoms with Crippen LogP contribution in [0.3, 0.4) is 0 Å². The van der Waals surface area contributed by atoms with Crippen molar-refractivity contribution in [2.75, 3.05) is 0 Å². The monoisotopic (exact) mass is 410 g/mol. The number of phenols is 2. The van der Waals surface area contributed by atoms with Crippen molar-refractivity contribution < 1.29 is 10.2 Å². The Bertz CT molecular complexity index is 807. The Morgan fingerprint density at radius 1 is 0.700 bits per heavy atom. The van der Waals surface area contributed by atoms with Gasteiger partial charge in [0.05, 0.1) is 0 Å². The molecule has 166 valence electrons. The number of aromatic hydroxyl groups is 2. The first-order chi connectivity index (χ1) is 13.7. The lowest BCUT2D eigenvalue weighted by atomic mass is 9.80. The fraction of sp³-hybridized carbons (Fsp3) is 0.571. The lowest BCUT2D eigenvalue weighted by Gasteiger charge is -2.25. The van der Waals surface area contributed by atoms with Crippen LogP contribution in [0.1, 0.15) is 101 Å². The molecular formula is C28H42O2. The van der Waals surface area contributed by atoms with E-state index in [1.165, 1.54) is 11.1 Å². The molecule has 0 bridgehead atoms. The van der Waals surface area contributed by atoms with Gasteiger partial charge < -0.3 is 10.2 Å². The zero-order valence-electron chi connectivity index (χ0n) is 20.6. The van der Waals surface area contributed by atoms with Crippen molar-refractivity contribution in [3.05, 3.63) is 57.6 Å².